The van der Waals surface area contributed by atoms with E-state index in [4.69, 9.17) is 18.8 Å². The van der Waals surface area contributed by atoms with Crippen LogP contribution >= 0.6 is 0 Å². The Hall–Kier alpha value is -7.76. The van der Waals surface area contributed by atoms with E-state index < -0.39 is 0 Å². The minimum atomic E-state index is 0.634. The molecule has 0 N–H and O–H groups in total. The van der Waals surface area contributed by atoms with Crippen LogP contribution in [-0.2, 0) is 0 Å². The Morgan fingerprint density at radius 3 is 1.86 bits per heavy atom. The van der Waals surface area contributed by atoms with Gasteiger partial charge >= 0.3 is 0 Å². The highest BCUT2D eigenvalue weighted by Gasteiger charge is 2.20. The van der Waals surface area contributed by atoms with E-state index >= 15 is 0 Å². The van der Waals surface area contributed by atoms with E-state index in [1.54, 1.807) is 0 Å². The summed E-state index contributed by atoms with van der Waals surface area (Å²) >= 11 is 0. The van der Waals surface area contributed by atoms with Gasteiger partial charge in [0.1, 0.15) is 22.3 Å². The van der Waals surface area contributed by atoms with E-state index in [2.05, 4.69) is 132 Å². The maximum atomic E-state index is 6.53. The number of aromatic nitrogens is 3. The lowest BCUT2D eigenvalue weighted by atomic mass is 9.98. The first-order chi connectivity index (χ1) is 28.2. The SMILES string of the molecule is c1ccc(-c2cc(-c3ccc4c(c3)oc3ccccc34)nc(-c3cccc4oc5ccc(-c6ccc7c(c6)c6cccc8c9ccccc9n7c86)cc5c34)n2)cc1. The van der Waals surface area contributed by atoms with Crippen LogP contribution in [0.25, 0.3) is 127 Å². The van der Waals surface area contributed by atoms with Crippen molar-refractivity contribution >= 4 is 82.0 Å². The van der Waals surface area contributed by atoms with Gasteiger partial charge in [0.25, 0.3) is 0 Å². The molecule has 5 heterocycles. The predicted octanol–water partition coefficient (Wildman–Crippen LogP) is 14.1. The summed E-state index contributed by atoms with van der Waals surface area (Å²) in [6.07, 6.45) is 0. The molecule has 0 amide bonds. The summed E-state index contributed by atoms with van der Waals surface area (Å²) in [7, 11) is 0. The van der Waals surface area contributed by atoms with Crippen molar-refractivity contribution in [3.05, 3.63) is 176 Å². The van der Waals surface area contributed by atoms with Crippen molar-refractivity contribution in [3.8, 4) is 45.0 Å². The lowest BCUT2D eigenvalue weighted by Gasteiger charge is -2.10. The molecule has 13 rings (SSSR count). The van der Waals surface area contributed by atoms with Crippen LogP contribution in [0.3, 0.4) is 0 Å². The fraction of sp³-hybridized carbons (Fsp3) is 0. The zero-order valence-electron chi connectivity index (χ0n) is 30.4. The largest absolute Gasteiger partial charge is 0.456 e. The topological polar surface area (TPSA) is 56.5 Å². The second-order valence-electron chi connectivity index (χ2n) is 14.9. The standard InChI is InChI=1S/C52H29N3O2/c1-2-10-30(11-3-1)42-29-43(33-20-23-36-35-13-5-7-18-46(35)57-49(36)28-33)54-52(53-42)39-16-9-19-48-50(39)41-27-32(22-25-47(41)56-48)31-21-24-45-40(26-31)38-15-8-14-37-34-12-4-6-17-44(34)55(45)51(37)38/h1-29H. The molecule has 5 aromatic heterocycles. The average Bonchev–Trinajstić information content (AvgIpc) is 4.03. The Morgan fingerprint density at radius 2 is 0.965 bits per heavy atom. The van der Waals surface area contributed by atoms with Crippen molar-refractivity contribution in [2.75, 3.05) is 0 Å². The van der Waals surface area contributed by atoms with Gasteiger partial charge in [-0.05, 0) is 71.8 Å². The van der Waals surface area contributed by atoms with E-state index in [9.17, 15) is 0 Å². The Balaban J connectivity index is 0.996. The van der Waals surface area contributed by atoms with Gasteiger partial charge in [-0.2, -0.15) is 0 Å². The first-order valence-corrected chi connectivity index (χ1v) is 19.2. The van der Waals surface area contributed by atoms with Crippen LogP contribution in [0.1, 0.15) is 0 Å². The van der Waals surface area contributed by atoms with Gasteiger partial charge in [0, 0.05) is 59.8 Å². The zero-order chi connectivity index (χ0) is 37.2. The number of fused-ring (bicyclic) bond motifs is 12. The van der Waals surface area contributed by atoms with Gasteiger partial charge in [-0.1, -0.05) is 115 Å². The molecule has 0 aliphatic heterocycles. The van der Waals surface area contributed by atoms with Crippen molar-refractivity contribution in [2.45, 2.75) is 0 Å². The molecular formula is C52H29N3O2. The fourth-order valence-corrected chi connectivity index (χ4v) is 9.16. The maximum absolute atomic E-state index is 6.53. The Morgan fingerprint density at radius 1 is 0.351 bits per heavy atom. The minimum Gasteiger partial charge on any atom is -0.456 e. The molecule has 0 fully saturated rings. The summed E-state index contributed by atoms with van der Waals surface area (Å²) in [6.45, 7) is 0. The van der Waals surface area contributed by atoms with Crippen LogP contribution in [0.2, 0.25) is 0 Å². The molecule has 57 heavy (non-hydrogen) atoms. The monoisotopic (exact) mass is 727 g/mol. The first kappa shape index (κ1) is 30.6. The van der Waals surface area contributed by atoms with E-state index in [1.807, 2.05) is 48.5 Å². The van der Waals surface area contributed by atoms with Gasteiger partial charge in [-0.3, -0.25) is 0 Å². The third-order valence-corrected chi connectivity index (χ3v) is 11.8. The normalized spacial score (nSPS) is 12.2. The molecule has 0 spiro atoms. The summed E-state index contributed by atoms with van der Waals surface area (Å²) in [5, 5.41) is 9.29. The van der Waals surface area contributed by atoms with Crippen LogP contribution in [0.5, 0.6) is 0 Å². The smallest absolute Gasteiger partial charge is 0.161 e. The number of rotatable bonds is 4. The van der Waals surface area contributed by atoms with Crippen molar-refractivity contribution < 1.29 is 8.83 Å². The molecular weight excluding hydrogens is 699 g/mol. The number of nitrogens with zero attached hydrogens (tertiary/aromatic N) is 3. The molecule has 0 bridgehead atoms. The lowest BCUT2D eigenvalue weighted by Crippen LogP contribution is -1.96. The molecule has 13 aromatic rings. The molecule has 264 valence electrons. The molecule has 5 nitrogen and oxygen atoms in total. The predicted molar refractivity (Wildman–Crippen MR) is 233 cm³/mol. The number of hydrogen-bond acceptors (Lipinski definition) is 4. The van der Waals surface area contributed by atoms with E-state index in [1.165, 1.54) is 38.1 Å². The third-order valence-electron chi connectivity index (χ3n) is 11.8. The molecule has 8 aromatic carbocycles. The molecule has 0 aliphatic carbocycles. The van der Waals surface area contributed by atoms with E-state index in [-0.39, 0.29) is 0 Å². The van der Waals surface area contributed by atoms with Crippen molar-refractivity contribution in [1.82, 2.24) is 14.4 Å². The summed E-state index contributed by atoms with van der Waals surface area (Å²) in [5.74, 6) is 0.634. The quantitative estimate of drug-likeness (QED) is 0.181. The summed E-state index contributed by atoms with van der Waals surface area (Å²) < 4.78 is 15.2. The number of benzene rings is 8. The number of furan rings is 2. The molecule has 0 aliphatic rings. The molecule has 0 atom stereocenters. The van der Waals surface area contributed by atoms with Crippen LogP contribution in [-0.4, -0.2) is 14.4 Å². The summed E-state index contributed by atoms with van der Waals surface area (Å²) in [5.41, 5.74) is 13.9. The highest BCUT2D eigenvalue weighted by Crippen LogP contribution is 2.42. The van der Waals surface area contributed by atoms with Gasteiger partial charge in [-0.25, -0.2) is 9.97 Å². The Labute approximate surface area is 325 Å². The minimum absolute atomic E-state index is 0.634. The van der Waals surface area contributed by atoms with E-state index in [0.717, 1.165) is 83.1 Å². The Bertz CT molecular complexity index is 3760. The highest BCUT2D eigenvalue weighted by molar-refractivity contribution is 6.23. The van der Waals surface area contributed by atoms with Crippen LogP contribution in [0, 0.1) is 0 Å². The van der Waals surface area contributed by atoms with Crippen molar-refractivity contribution in [2.24, 2.45) is 0 Å². The molecule has 0 radical (unpaired) electrons. The first-order valence-electron chi connectivity index (χ1n) is 19.2. The highest BCUT2D eigenvalue weighted by atomic mass is 16.3. The second-order valence-corrected chi connectivity index (χ2v) is 14.9. The van der Waals surface area contributed by atoms with Crippen LogP contribution < -0.4 is 0 Å². The molecule has 0 saturated heterocycles. The molecule has 5 heteroatoms. The van der Waals surface area contributed by atoms with Gasteiger partial charge in [0.05, 0.1) is 27.9 Å². The van der Waals surface area contributed by atoms with Gasteiger partial charge in [0.15, 0.2) is 5.82 Å². The molecule has 0 saturated carbocycles. The van der Waals surface area contributed by atoms with Crippen molar-refractivity contribution in [1.29, 1.82) is 0 Å². The van der Waals surface area contributed by atoms with Crippen LogP contribution in [0.15, 0.2) is 185 Å². The number of hydrogen-bond donors (Lipinski definition) is 0. The van der Waals surface area contributed by atoms with E-state index in [0.29, 0.717) is 5.82 Å². The van der Waals surface area contributed by atoms with Gasteiger partial charge in [0.2, 0.25) is 0 Å². The Kier molecular flexibility index (Phi) is 6.10. The summed E-state index contributed by atoms with van der Waals surface area (Å²) in [6, 6.07) is 61.8. The maximum Gasteiger partial charge on any atom is 0.161 e. The fourth-order valence-electron chi connectivity index (χ4n) is 9.16. The number of para-hydroxylation sites is 3. The summed E-state index contributed by atoms with van der Waals surface area (Å²) in [4.78, 5) is 10.5. The lowest BCUT2D eigenvalue weighted by molar-refractivity contribution is 0.668. The van der Waals surface area contributed by atoms with Gasteiger partial charge in [-0.15, -0.1) is 0 Å². The second kappa shape index (κ2) is 11.4. The van der Waals surface area contributed by atoms with Gasteiger partial charge < -0.3 is 13.2 Å². The zero-order valence-corrected chi connectivity index (χ0v) is 30.4. The third kappa shape index (κ3) is 4.39. The average molecular weight is 728 g/mol. The molecule has 0 unspecified atom stereocenters. The van der Waals surface area contributed by atoms with Crippen LogP contribution in [0.4, 0.5) is 0 Å². The van der Waals surface area contributed by atoms with Crippen molar-refractivity contribution in [3.63, 3.8) is 0 Å².